The zero-order valence-corrected chi connectivity index (χ0v) is 18.3. The minimum atomic E-state index is -3.75. The molecule has 1 aromatic heterocycles. The van der Waals surface area contributed by atoms with Gasteiger partial charge in [0.2, 0.25) is 0 Å². The van der Waals surface area contributed by atoms with E-state index < -0.39 is 21.8 Å². The summed E-state index contributed by atoms with van der Waals surface area (Å²) in [6, 6.07) is 13.5. The number of aryl methyl sites for hydroxylation is 1. The van der Waals surface area contributed by atoms with Gasteiger partial charge >= 0.3 is 6.09 Å². The Kier molecular flexibility index (Phi) is 6.34. The summed E-state index contributed by atoms with van der Waals surface area (Å²) in [5, 5.41) is 24.5. The third-order valence-electron chi connectivity index (χ3n) is 4.79. The van der Waals surface area contributed by atoms with Crippen molar-refractivity contribution in [1.29, 1.82) is 5.26 Å². The molecule has 160 valence electrons. The molecule has 1 heterocycles. The predicted octanol–water partition coefficient (Wildman–Crippen LogP) is 3.74. The molecule has 3 aromatic rings. The van der Waals surface area contributed by atoms with E-state index in [-0.39, 0.29) is 4.90 Å². The molecule has 0 aliphatic carbocycles. The van der Waals surface area contributed by atoms with Crippen LogP contribution < -0.4 is 5.32 Å². The summed E-state index contributed by atoms with van der Waals surface area (Å²) in [7, 11) is -3.75. The predicted molar refractivity (Wildman–Crippen MR) is 116 cm³/mol. The Morgan fingerprint density at radius 1 is 1.23 bits per heavy atom. The van der Waals surface area contributed by atoms with Gasteiger partial charge < -0.3 is 10.4 Å². The maximum Gasteiger partial charge on any atom is 0.405 e. The van der Waals surface area contributed by atoms with E-state index in [1.807, 2.05) is 36.0 Å². The Balaban J connectivity index is 1.84. The number of hydrogen-bond acceptors (Lipinski definition) is 5. The molecule has 31 heavy (non-hydrogen) atoms. The van der Waals surface area contributed by atoms with Crippen LogP contribution in [-0.4, -0.2) is 35.3 Å². The highest BCUT2D eigenvalue weighted by Crippen LogP contribution is 2.30. The van der Waals surface area contributed by atoms with Gasteiger partial charge in [-0.1, -0.05) is 29.8 Å². The van der Waals surface area contributed by atoms with Crippen LogP contribution in [0.5, 0.6) is 0 Å². The summed E-state index contributed by atoms with van der Waals surface area (Å²) in [6.07, 6.45) is -1.40. The Morgan fingerprint density at radius 2 is 1.90 bits per heavy atom. The monoisotopic (exact) mass is 458 g/mol. The molecule has 0 saturated heterocycles. The second-order valence-electron chi connectivity index (χ2n) is 6.89. The second-order valence-corrected chi connectivity index (χ2v) is 9.29. The molecule has 2 N–H and O–H groups in total. The summed E-state index contributed by atoms with van der Waals surface area (Å²) in [4.78, 5) is 10.6. The Labute approximate surface area is 184 Å². The third kappa shape index (κ3) is 4.87. The summed E-state index contributed by atoms with van der Waals surface area (Å²) < 4.78 is 26.1. The molecule has 0 spiro atoms. The van der Waals surface area contributed by atoms with Gasteiger partial charge in [0.15, 0.2) is 9.84 Å². The molecule has 0 bridgehead atoms. The molecule has 8 nitrogen and oxygen atoms in total. The standard InChI is InChI=1S/C21H19ClN4O4S/c1-13-20(16-5-6-17(10-23)19(22)9-16)14(2)26(25-13)11-15-3-7-18(8-4-15)31(29,30)12-24-21(27)28/h3-9,24H,11-12H2,1-2H3,(H,27,28). The highest BCUT2D eigenvalue weighted by atomic mass is 35.5. The Bertz CT molecular complexity index is 1290. The molecule has 0 atom stereocenters. The molecule has 2 aromatic carbocycles. The van der Waals surface area contributed by atoms with Gasteiger partial charge in [0.05, 0.1) is 27.7 Å². The fourth-order valence-electron chi connectivity index (χ4n) is 3.25. The van der Waals surface area contributed by atoms with Crippen molar-refractivity contribution in [1.82, 2.24) is 15.1 Å². The van der Waals surface area contributed by atoms with Crippen molar-refractivity contribution in [3.05, 3.63) is 70.0 Å². The highest BCUT2D eigenvalue weighted by molar-refractivity contribution is 7.91. The van der Waals surface area contributed by atoms with Crippen LogP contribution in [0, 0.1) is 25.2 Å². The van der Waals surface area contributed by atoms with E-state index in [9.17, 15) is 13.2 Å². The lowest BCUT2D eigenvalue weighted by Gasteiger charge is -2.08. The molecule has 0 fully saturated rings. The molecule has 1 amide bonds. The summed E-state index contributed by atoms with van der Waals surface area (Å²) in [5.41, 5.74) is 4.72. The van der Waals surface area contributed by atoms with Crippen LogP contribution in [-0.2, 0) is 16.4 Å². The molecular weight excluding hydrogens is 440 g/mol. The van der Waals surface area contributed by atoms with E-state index in [0.717, 1.165) is 28.1 Å². The quantitative estimate of drug-likeness (QED) is 0.579. The Morgan fingerprint density at radius 3 is 2.48 bits per heavy atom. The Hall–Kier alpha value is -3.35. The smallest absolute Gasteiger partial charge is 0.405 e. The number of carbonyl (C=O) groups is 1. The lowest BCUT2D eigenvalue weighted by Crippen LogP contribution is -2.27. The van der Waals surface area contributed by atoms with E-state index in [1.54, 1.807) is 24.3 Å². The van der Waals surface area contributed by atoms with Crippen molar-refractivity contribution in [2.75, 3.05) is 5.88 Å². The number of hydrogen-bond donors (Lipinski definition) is 2. The van der Waals surface area contributed by atoms with Crippen LogP contribution in [0.4, 0.5) is 4.79 Å². The molecule has 0 aliphatic rings. The van der Waals surface area contributed by atoms with Crippen LogP contribution in [0.2, 0.25) is 5.02 Å². The molecule has 0 radical (unpaired) electrons. The number of amides is 1. The fourth-order valence-corrected chi connectivity index (χ4v) is 4.50. The summed E-state index contributed by atoms with van der Waals surface area (Å²) >= 11 is 6.18. The maximum absolute atomic E-state index is 12.2. The largest absolute Gasteiger partial charge is 0.465 e. The van der Waals surface area contributed by atoms with E-state index in [2.05, 4.69) is 5.10 Å². The number of nitriles is 1. The minimum absolute atomic E-state index is 0.0336. The first-order valence-corrected chi connectivity index (χ1v) is 11.2. The number of sulfone groups is 1. The van der Waals surface area contributed by atoms with Gasteiger partial charge in [0.1, 0.15) is 11.9 Å². The van der Waals surface area contributed by atoms with Gasteiger partial charge in [-0.05, 0) is 49.2 Å². The molecule has 0 unspecified atom stereocenters. The van der Waals surface area contributed by atoms with Gasteiger partial charge in [0, 0.05) is 11.3 Å². The first-order valence-electron chi connectivity index (χ1n) is 9.15. The van der Waals surface area contributed by atoms with E-state index >= 15 is 0 Å². The molecule has 0 aliphatic heterocycles. The van der Waals surface area contributed by atoms with Gasteiger partial charge in [-0.25, -0.2) is 13.2 Å². The SMILES string of the molecule is Cc1nn(Cc2ccc(S(=O)(=O)CNC(=O)O)cc2)c(C)c1-c1ccc(C#N)c(Cl)c1. The van der Waals surface area contributed by atoms with Crippen LogP contribution in [0.1, 0.15) is 22.5 Å². The lowest BCUT2D eigenvalue weighted by molar-refractivity contribution is 0.196. The van der Waals surface area contributed by atoms with Crippen LogP contribution in [0.15, 0.2) is 47.4 Å². The van der Waals surface area contributed by atoms with Crippen molar-refractivity contribution < 1.29 is 18.3 Å². The molecule has 0 saturated carbocycles. The summed E-state index contributed by atoms with van der Waals surface area (Å²) in [5.74, 6) is -0.685. The number of rotatable bonds is 6. The van der Waals surface area contributed by atoms with E-state index in [0.29, 0.717) is 17.1 Å². The fraction of sp³-hybridized carbons (Fsp3) is 0.190. The third-order valence-corrected chi connectivity index (χ3v) is 6.62. The highest BCUT2D eigenvalue weighted by Gasteiger charge is 2.17. The van der Waals surface area contributed by atoms with Gasteiger partial charge in [0.25, 0.3) is 0 Å². The van der Waals surface area contributed by atoms with Crippen LogP contribution in [0.3, 0.4) is 0 Å². The normalized spacial score (nSPS) is 11.2. The van der Waals surface area contributed by atoms with Gasteiger partial charge in [-0.15, -0.1) is 0 Å². The molecular formula is C21H19ClN4O4S. The van der Waals surface area contributed by atoms with Crippen molar-refractivity contribution in [2.45, 2.75) is 25.3 Å². The van der Waals surface area contributed by atoms with Crippen LogP contribution in [0.25, 0.3) is 11.1 Å². The van der Waals surface area contributed by atoms with Crippen LogP contribution >= 0.6 is 11.6 Å². The maximum atomic E-state index is 12.2. The average Bonchev–Trinajstić information content (AvgIpc) is 3.00. The van der Waals surface area contributed by atoms with E-state index in [4.69, 9.17) is 22.0 Å². The first kappa shape index (κ1) is 22.3. The number of nitrogens with zero attached hydrogens (tertiary/aromatic N) is 3. The number of nitrogens with one attached hydrogen (secondary N) is 1. The second kappa shape index (κ2) is 8.79. The number of carboxylic acid groups (broad SMARTS) is 1. The topological polar surface area (TPSA) is 125 Å². The minimum Gasteiger partial charge on any atom is -0.465 e. The van der Waals surface area contributed by atoms with Crippen molar-refractivity contribution >= 4 is 27.5 Å². The zero-order valence-electron chi connectivity index (χ0n) is 16.8. The first-order chi connectivity index (χ1) is 14.6. The van der Waals surface area contributed by atoms with Crippen molar-refractivity contribution in [2.24, 2.45) is 0 Å². The number of halogens is 1. The number of benzene rings is 2. The average molecular weight is 459 g/mol. The van der Waals surface area contributed by atoms with Gasteiger partial charge in [-0.3, -0.25) is 4.68 Å². The number of aromatic nitrogens is 2. The molecule has 3 rings (SSSR count). The summed E-state index contributed by atoms with van der Waals surface area (Å²) in [6.45, 7) is 4.23. The van der Waals surface area contributed by atoms with Crippen molar-refractivity contribution in [3.8, 4) is 17.2 Å². The molecule has 10 heteroatoms. The van der Waals surface area contributed by atoms with Gasteiger partial charge in [-0.2, -0.15) is 10.4 Å². The van der Waals surface area contributed by atoms with Crippen molar-refractivity contribution in [3.63, 3.8) is 0 Å². The zero-order chi connectivity index (χ0) is 22.8. The van der Waals surface area contributed by atoms with E-state index in [1.165, 1.54) is 12.1 Å². The lowest BCUT2D eigenvalue weighted by atomic mass is 10.0.